The number of rotatable bonds is 3. The minimum atomic E-state index is -0.589. The van der Waals surface area contributed by atoms with Crippen molar-refractivity contribution in [2.45, 2.75) is 0 Å². The Kier molecular flexibility index (Phi) is 4.71. The van der Waals surface area contributed by atoms with Gasteiger partial charge in [0.2, 0.25) is 5.88 Å². The Labute approximate surface area is 144 Å². The van der Waals surface area contributed by atoms with Crippen molar-refractivity contribution >= 4 is 17.6 Å². The number of aliphatic imine (C=N–C) groups is 1. The summed E-state index contributed by atoms with van der Waals surface area (Å²) in [6, 6.07) is 7.59. The third kappa shape index (κ3) is 3.34. The van der Waals surface area contributed by atoms with E-state index in [1.54, 1.807) is 0 Å². The van der Waals surface area contributed by atoms with Gasteiger partial charge in [0, 0.05) is 39.1 Å². The lowest BCUT2D eigenvalue weighted by Crippen LogP contribution is -2.38. The molecule has 1 N–H and O–H groups in total. The van der Waals surface area contributed by atoms with Crippen LogP contribution in [0.15, 0.2) is 38.8 Å². The number of hydrogen-bond acceptors (Lipinski definition) is 6. The van der Waals surface area contributed by atoms with Crippen molar-refractivity contribution in [1.82, 2.24) is 9.13 Å². The van der Waals surface area contributed by atoms with Gasteiger partial charge in [0.1, 0.15) is 5.56 Å². The van der Waals surface area contributed by atoms with Crippen molar-refractivity contribution < 1.29 is 9.84 Å². The van der Waals surface area contributed by atoms with E-state index in [1.807, 2.05) is 24.3 Å². The summed E-state index contributed by atoms with van der Waals surface area (Å²) in [6.45, 7) is 3.14. The van der Waals surface area contributed by atoms with E-state index in [4.69, 9.17) is 4.74 Å². The third-order valence-corrected chi connectivity index (χ3v) is 4.24. The number of nitrogens with zero attached hydrogens (tertiary/aromatic N) is 4. The van der Waals surface area contributed by atoms with Crippen molar-refractivity contribution in [3.05, 3.63) is 50.7 Å². The second-order valence-electron chi connectivity index (χ2n) is 5.82. The molecule has 2 aromatic rings. The van der Waals surface area contributed by atoms with Crippen molar-refractivity contribution in [1.29, 1.82) is 0 Å². The third-order valence-electron chi connectivity index (χ3n) is 4.24. The molecular formula is C17H20N4O4. The van der Waals surface area contributed by atoms with Gasteiger partial charge in [0.05, 0.1) is 18.9 Å². The number of aromatic nitrogens is 2. The van der Waals surface area contributed by atoms with Crippen LogP contribution in [0, 0.1) is 0 Å². The number of anilines is 1. The molecule has 3 rings (SSSR count). The van der Waals surface area contributed by atoms with Crippen LogP contribution >= 0.6 is 0 Å². The number of benzene rings is 1. The Morgan fingerprint density at radius 2 is 1.72 bits per heavy atom. The van der Waals surface area contributed by atoms with Crippen molar-refractivity contribution in [2.24, 2.45) is 19.1 Å². The van der Waals surface area contributed by atoms with Gasteiger partial charge in [-0.1, -0.05) is 0 Å². The summed E-state index contributed by atoms with van der Waals surface area (Å²) in [7, 11) is 2.75. The average molecular weight is 344 g/mol. The minimum Gasteiger partial charge on any atom is -0.494 e. The molecule has 0 aliphatic carbocycles. The molecule has 0 radical (unpaired) electrons. The highest BCUT2D eigenvalue weighted by Crippen LogP contribution is 2.21. The van der Waals surface area contributed by atoms with E-state index in [1.165, 1.54) is 20.3 Å². The van der Waals surface area contributed by atoms with Crippen LogP contribution in [0.4, 0.5) is 11.4 Å². The van der Waals surface area contributed by atoms with Crippen molar-refractivity contribution in [3.8, 4) is 5.88 Å². The topological polar surface area (TPSA) is 89.1 Å². The van der Waals surface area contributed by atoms with Crippen LogP contribution in [-0.2, 0) is 18.8 Å². The summed E-state index contributed by atoms with van der Waals surface area (Å²) in [5.41, 5.74) is 0.529. The van der Waals surface area contributed by atoms with E-state index < -0.39 is 17.1 Å². The molecule has 8 nitrogen and oxygen atoms in total. The fourth-order valence-electron chi connectivity index (χ4n) is 2.68. The van der Waals surface area contributed by atoms with Crippen LogP contribution < -0.4 is 16.1 Å². The molecule has 132 valence electrons. The van der Waals surface area contributed by atoms with Gasteiger partial charge >= 0.3 is 5.69 Å². The van der Waals surface area contributed by atoms with Gasteiger partial charge in [0.25, 0.3) is 5.56 Å². The Bertz CT molecular complexity index is 906. The molecule has 1 aliphatic heterocycles. The highest BCUT2D eigenvalue weighted by Gasteiger charge is 2.13. The lowest BCUT2D eigenvalue weighted by atomic mass is 10.2. The molecule has 1 aliphatic rings. The molecule has 0 saturated carbocycles. The molecule has 8 heteroatoms. The molecule has 1 saturated heterocycles. The molecule has 2 heterocycles. The number of aromatic hydroxyl groups is 1. The van der Waals surface area contributed by atoms with Gasteiger partial charge < -0.3 is 14.7 Å². The molecule has 0 atom stereocenters. The van der Waals surface area contributed by atoms with E-state index in [9.17, 15) is 14.7 Å². The minimum absolute atomic E-state index is 0.0261. The molecule has 1 fully saturated rings. The summed E-state index contributed by atoms with van der Waals surface area (Å²) in [5.74, 6) is -0.401. The fourth-order valence-corrected chi connectivity index (χ4v) is 2.68. The lowest BCUT2D eigenvalue weighted by Gasteiger charge is -2.28. The Morgan fingerprint density at radius 1 is 1.08 bits per heavy atom. The van der Waals surface area contributed by atoms with Crippen LogP contribution in [0.1, 0.15) is 5.56 Å². The Morgan fingerprint density at radius 3 is 2.36 bits per heavy atom. The second kappa shape index (κ2) is 6.94. The quantitative estimate of drug-likeness (QED) is 0.813. The van der Waals surface area contributed by atoms with Crippen LogP contribution in [0.3, 0.4) is 0 Å². The van der Waals surface area contributed by atoms with Crippen LogP contribution in [0.25, 0.3) is 0 Å². The molecule has 0 amide bonds. The van der Waals surface area contributed by atoms with Gasteiger partial charge in [-0.25, -0.2) is 4.79 Å². The molecule has 0 bridgehead atoms. The average Bonchev–Trinajstić information content (AvgIpc) is 2.66. The largest absolute Gasteiger partial charge is 0.494 e. The maximum absolute atomic E-state index is 12.1. The first kappa shape index (κ1) is 17.0. The fraction of sp³-hybridized carbons (Fsp3) is 0.353. The highest BCUT2D eigenvalue weighted by atomic mass is 16.5. The van der Waals surface area contributed by atoms with E-state index in [-0.39, 0.29) is 5.56 Å². The predicted octanol–water partition coefficient (Wildman–Crippen LogP) is 0.377. The van der Waals surface area contributed by atoms with E-state index in [0.29, 0.717) is 5.69 Å². The van der Waals surface area contributed by atoms with Crippen molar-refractivity contribution in [2.75, 3.05) is 31.2 Å². The summed E-state index contributed by atoms with van der Waals surface area (Å²) in [5, 5.41) is 10.0. The van der Waals surface area contributed by atoms with Gasteiger partial charge in [0.15, 0.2) is 0 Å². The van der Waals surface area contributed by atoms with E-state index >= 15 is 0 Å². The second-order valence-corrected chi connectivity index (χ2v) is 5.82. The van der Waals surface area contributed by atoms with Crippen LogP contribution in [0.2, 0.25) is 0 Å². The number of hydrogen-bond donors (Lipinski definition) is 1. The summed E-state index contributed by atoms with van der Waals surface area (Å²) in [4.78, 5) is 30.3. The first-order valence-electron chi connectivity index (χ1n) is 7.95. The van der Waals surface area contributed by atoms with Gasteiger partial charge in [-0.3, -0.25) is 18.9 Å². The molecule has 0 unspecified atom stereocenters. The molecular weight excluding hydrogens is 324 g/mol. The first-order chi connectivity index (χ1) is 12.0. The standard InChI is InChI=1S/C17H20N4O4/c1-19-15(22)14(16(23)20(2)17(19)24)11-18-12-3-5-13(6-4-12)21-7-9-25-10-8-21/h3-6,11,22H,7-10H2,1-2H3. The zero-order valence-corrected chi connectivity index (χ0v) is 14.2. The first-order valence-corrected chi connectivity index (χ1v) is 7.95. The zero-order chi connectivity index (χ0) is 18.0. The van der Waals surface area contributed by atoms with Gasteiger partial charge in [-0.15, -0.1) is 0 Å². The maximum Gasteiger partial charge on any atom is 0.333 e. The highest BCUT2D eigenvalue weighted by molar-refractivity contribution is 5.84. The number of ether oxygens (including phenoxy) is 1. The number of morpholine rings is 1. The van der Waals surface area contributed by atoms with Gasteiger partial charge in [-0.2, -0.15) is 0 Å². The monoisotopic (exact) mass is 344 g/mol. The maximum atomic E-state index is 12.1. The summed E-state index contributed by atoms with van der Waals surface area (Å²) in [6.07, 6.45) is 1.28. The van der Waals surface area contributed by atoms with Crippen molar-refractivity contribution in [3.63, 3.8) is 0 Å². The summed E-state index contributed by atoms with van der Waals surface area (Å²) >= 11 is 0. The normalized spacial score (nSPS) is 15.0. The van der Waals surface area contributed by atoms with E-state index in [2.05, 4.69) is 9.89 Å². The molecule has 25 heavy (non-hydrogen) atoms. The molecule has 0 spiro atoms. The lowest BCUT2D eigenvalue weighted by molar-refractivity contribution is 0.122. The SMILES string of the molecule is Cn1c(O)c(C=Nc2ccc(N3CCOCC3)cc2)c(=O)n(C)c1=O. The Balaban J connectivity index is 1.85. The zero-order valence-electron chi connectivity index (χ0n) is 14.2. The smallest absolute Gasteiger partial charge is 0.333 e. The predicted molar refractivity (Wildman–Crippen MR) is 95.3 cm³/mol. The van der Waals surface area contributed by atoms with Crippen LogP contribution in [0.5, 0.6) is 5.88 Å². The van der Waals surface area contributed by atoms with Crippen LogP contribution in [-0.4, -0.2) is 46.8 Å². The summed E-state index contributed by atoms with van der Waals surface area (Å²) < 4.78 is 7.28. The Hall–Kier alpha value is -2.87. The van der Waals surface area contributed by atoms with Gasteiger partial charge in [-0.05, 0) is 24.3 Å². The molecule has 1 aromatic heterocycles. The van der Waals surface area contributed by atoms with E-state index in [0.717, 1.165) is 41.1 Å². The molecule has 1 aromatic carbocycles.